The summed E-state index contributed by atoms with van der Waals surface area (Å²) in [4.78, 5) is 2.56. The molecule has 0 N–H and O–H groups in total. The third kappa shape index (κ3) is 5.06. The second-order valence-electron chi connectivity index (χ2n) is 19.5. The fourth-order valence-electron chi connectivity index (χ4n) is 13.2. The summed E-state index contributed by atoms with van der Waals surface area (Å²) in [7, 11) is 0. The maximum absolute atomic E-state index is 2.56. The SMILES string of the molecule is CC1(C)c2ccccc2-c2ccc(N(c3ccc4c(c3)C3(c5ccccc5-4)c4ccccc4C(c4ccccc4)(c4ccccc4)c4ccccc43)c3cc4ccccc4c4ccccc34)cc21. The third-order valence-electron chi connectivity index (χ3n) is 16.0. The van der Waals surface area contributed by atoms with Crippen molar-refractivity contribution in [1.82, 2.24) is 0 Å². The number of hydrogen-bond donors (Lipinski definition) is 0. The molecule has 0 atom stereocenters. The van der Waals surface area contributed by atoms with Crippen LogP contribution in [0.4, 0.5) is 17.1 Å². The summed E-state index contributed by atoms with van der Waals surface area (Å²) in [6, 6.07) is 94.1. The van der Waals surface area contributed by atoms with Gasteiger partial charge in [0.05, 0.1) is 16.5 Å². The molecular formula is C67H47N. The molecule has 3 aliphatic rings. The molecule has 1 spiro atoms. The first-order chi connectivity index (χ1) is 33.5. The van der Waals surface area contributed by atoms with Crippen LogP contribution in [0.1, 0.15) is 69.5 Å². The highest BCUT2D eigenvalue weighted by Gasteiger charge is 2.56. The number of rotatable bonds is 5. The molecule has 0 saturated heterocycles. The van der Waals surface area contributed by atoms with Crippen LogP contribution in [0.25, 0.3) is 43.8 Å². The molecule has 1 nitrogen and oxygen atoms in total. The summed E-state index contributed by atoms with van der Waals surface area (Å²) in [5.74, 6) is 0. The van der Waals surface area contributed by atoms with Gasteiger partial charge < -0.3 is 4.90 Å². The molecule has 0 fully saturated rings. The van der Waals surface area contributed by atoms with Gasteiger partial charge in [0.2, 0.25) is 0 Å². The lowest BCUT2D eigenvalue weighted by atomic mass is 9.51. The van der Waals surface area contributed by atoms with Crippen molar-refractivity contribution in [3.63, 3.8) is 0 Å². The summed E-state index contributed by atoms with van der Waals surface area (Å²) < 4.78 is 0. The molecule has 1 heteroatoms. The van der Waals surface area contributed by atoms with Crippen LogP contribution < -0.4 is 4.90 Å². The molecular weight excluding hydrogens is 819 g/mol. The Bertz CT molecular complexity index is 3750. The van der Waals surface area contributed by atoms with E-state index in [0.717, 1.165) is 17.1 Å². The number of fused-ring (bicyclic) bond motifs is 15. The smallest absolute Gasteiger partial charge is 0.0720 e. The van der Waals surface area contributed by atoms with E-state index < -0.39 is 10.8 Å². The molecule has 320 valence electrons. The molecule has 0 bridgehead atoms. The summed E-state index contributed by atoms with van der Waals surface area (Å²) >= 11 is 0. The monoisotopic (exact) mass is 865 g/mol. The minimum Gasteiger partial charge on any atom is -0.310 e. The quantitative estimate of drug-likeness (QED) is 0.156. The lowest BCUT2D eigenvalue weighted by Crippen LogP contribution is -2.44. The van der Waals surface area contributed by atoms with Crippen molar-refractivity contribution in [2.24, 2.45) is 0 Å². The molecule has 0 aromatic heterocycles. The van der Waals surface area contributed by atoms with Crippen molar-refractivity contribution in [1.29, 1.82) is 0 Å². The van der Waals surface area contributed by atoms with E-state index in [1.807, 2.05) is 0 Å². The van der Waals surface area contributed by atoms with Gasteiger partial charge in [0.1, 0.15) is 0 Å². The minimum atomic E-state index is -0.624. The predicted octanol–water partition coefficient (Wildman–Crippen LogP) is 16.8. The molecule has 0 amide bonds. The standard InChI is InChI=1S/C67H47N/c1-65(2)56-31-15-13-28-51(56)53-39-37-47(42-62(53)65)68(64-41-44-21-9-10-26-49(44)50-27-11-12-30-55(50)64)48-38-40-54-52-29-14-16-32-57(52)67(63(54)43-48)60-35-19-17-33-58(60)66(45-22-5-3-6-23-45,46-24-7-4-8-25-46)59-34-18-20-36-61(59)67/h3-43H,1-2H3. The molecule has 0 saturated carbocycles. The zero-order valence-electron chi connectivity index (χ0n) is 38.1. The average Bonchev–Trinajstić information content (AvgIpc) is 3.82. The Balaban J connectivity index is 1.09. The molecule has 0 aliphatic heterocycles. The van der Waals surface area contributed by atoms with Gasteiger partial charge in [-0.1, -0.05) is 232 Å². The van der Waals surface area contributed by atoms with Gasteiger partial charge in [0, 0.05) is 22.2 Å². The van der Waals surface area contributed by atoms with E-state index in [2.05, 4.69) is 267 Å². The highest BCUT2D eigenvalue weighted by molar-refractivity contribution is 6.14. The Labute approximate surface area is 398 Å². The van der Waals surface area contributed by atoms with E-state index in [0.29, 0.717) is 0 Å². The summed E-state index contributed by atoms with van der Waals surface area (Å²) in [5, 5.41) is 4.95. The maximum atomic E-state index is 2.56. The molecule has 68 heavy (non-hydrogen) atoms. The van der Waals surface area contributed by atoms with E-state index >= 15 is 0 Å². The van der Waals surface area contributed by atoms with E-state index in [1.54, 1.807) is 0 Å². The molecule has 0 unspecified atom stereocenters. The first kappa shape index (κ1) is 39.0. The van der Waals surface area contributed by atoms with Crippen LogP contribution in [0, 0.1) is 0 Å². The minimum absolute atomic E-state index is 0.164. The van der Waals surface area contributed by atoms with Crippen molar-refractivity contribution in [2.75, 3.05) is 4.90 Å². The topological polar surface area (TPSA) is 3.24 Å². The van der Waals surface area contributed by atoms with Gasteiger partial charge in [-0.25, -0.2) is 0 Å². The van der Waals surface area contributed by atoms with Gasteiger partial charge in [-0.3, -0.25) is 0 Å². The first-order valence-electron chi connectivity index (χ1n) is 24.0. The third-order valence-corrected chi connectivity index (χ3v) is 16.0. The van der Waals surface area contributed by atoms with Crippen molar-refractivity contribution in [2.45, 2.75) is 30.1 Å². The highest BCUT2D eigenvalue weighted by atomic mass is 15.1. The lowest BCUT2D eigenvalue weighted by Gasteiger charge is -2.50. The molecule has 3 aliphatic carbocycles. The fourth-order valence-corrected chi connectivity index (χ4v) is 13.2. The van der Waals surface area contributed by atoms with Gasteiger partial charge in [0.15, 0.2) is 0 Å². The second-order valence-corrected chi connectivity index (χ2v) is 19.5. The van der Waals surface area contributed by atoms with Crippen molar-refractivity contribution in [3.05, 3.63) is 304 Å². The normalized spacial score (nSPS) is 15.0. The molecule has 0 radical (unpaired) electrons. The van der Waals surface area contributed by atoms with Crippen LogP contribution in [0.5, 0.6) is 0 Å². The van der Waals surface area contributed by atoms with Crippen LogP contribution in [0.2, 0.25) is 0 Å². The fraction of sp³-hybridized carbons (Fsp3) is 0.0746. The largest absolute Gasteiger partial charge is 0.310 e. The Morgan fingerprint density at radius 1 is 0.279 bits per heavy atom. The van der Waals surface area contributed by atoms with Gasteiger partial charge in [-0.05, 0) is 124 Å². The van der Waals surface area contributed by atoms with E-state index in [9.17, 15) is 0 Å². The Morgan fingerprint density at radius 2 is 0.691 bits per heavy atom. The van der Waals surface area contributed by atoms with E-state index in [4.69, 9.17) is 0 Å². The Kier molecular flexibility index (Phi) is 8.23. The van der Waals surface area contributed by atoms with Crippen molar-refractivity contribution < 1.29 is 0 Å². The number of anilines is 3. The highest BCUT2D eigenvalue weighted by Crippen LogP contribution is 2.65. The van der Waals surface area contributed by atoms with Gasteiger partial charge in [-0.2, -0.15) is 0 Å². The Morgan fingerprint density at radius 3 is 1.29 bits per heavy atom. The zero-order chi connectivity index (χ0) is 45.2. The molecule has 11 aromatic rings. The molecule has 11 aromatic carbocycles. The van der Waals surface area contributed by atoms with E-state index in [-0.39, 0.29) is 5.41 Å². The van der Waals surface area contributed by atoms with Crippen LogP contribution in [0.15, 0.2) is 249 Å². The van der Waals surface area contributed by atoms with Crippen LogP contribution in [-0.2, 0) is 16.2 Å². The average molecular weight is 866 g/mol. The zero-order valence-corrected chi connectivity index (χ0v) is 38.1. The van der Waals surface area contributed by atoms with Crippen LogP contribution in [0.3, 0.4) is 0 Å². The van der Waals surface area contributed by atoms with Crippen molar-refractivity contribution in [3.8, 4) is 22.3 Å². The number of benzene rings is 11. The molecule has 0 heterocycles. The van der Waals surface area contributed by atoms with Crippen molar-refractivity contribution >= 4 is 38.6 Å². The van der Waals surface area contributed by atoms with Gasteiger partial charge >= 0.3 is 0 Å². The number of hydrogen-bond acceptors (Lipinski definition) is 1. The van der Waals surface area contributed by atoms with E-state index in [1.165, 1.54) is 99.4 Å². The predicted molar refractivity (Wildman–Crippen MR) is 283 cm³/mol. The van der Waals surface area contributed by atoms with Crippen LogP contribution in [-0.4, -0.2) is 0 Å². The first-order valence-corrected chi connectivity index (χ1v) is 24.0. The van der Waals surface area contributed by atoms with Crippen LogP contribution >= 0.6 is 0 Å². The van der Waals surface area contributed by atoms with Gasteiger partial charge in [0.25, 0.3) is 0 Å². The Hall–Kier alpha value is -8.26. The van der Waals surface area contributed by atoms with Gasteiger partial charge in [-0.15, -0.1) is 0 Å². The summed E-state index contributed by atoms with van der Waals surface area (Å²) in [5.41, 5.74) is 20.4. The lowest BCUT2D eigenvalue weighted by molar-refractivity contribution is 0.623. The number of nitrogens with zero attached hydrogens (tertiary/aromatic N) is 1. The molecule has 14 rings (SSSR count). The summed E-state index contributed by atoms with van der Waals surface area (Å²) in [6.07, 6.45) is 0. The second kappa shape index (κ2) is 14.4. The summed E-state index contributed by atoms with van der Waals surface area (Å²) in [6.45, 7) is 4.77. The maximum Gasteiger partial charge on any atom is 0.0720 e.